The van der Waals surface area contributed by atoms with Crippen LogP contribution >= 0.6 is 0 Å². The van der Waals surface area contributed by atoms with Crippen LogP contribution in [0.3, 0.4) is 0 Å². The number of hydrogen-bond acceptors (Lipinski definition) is 2. The minimum atomic E-state index is -0.833. The van der Waals surface area contributed by atoms with Gasteiger partial charge in [-0.05, 0) is 29.9 Å². The number of ether oxygens (including phenoxy) is 1. The van der Waals surface area contributed by atoms with Gasteiger partial charge in [0.05, 0.1) is 6.42 Å². The zero-order chi connectivity index (χ0) is 14.6. The largest absolute Gasteiger partial charge is 0.490 e. The molecule has 0 radical (unpaired) electrons. The molecule has 0 bridgehead atoms. The van der Waals surface area contributed by atoms with Gasteiger partial charge in [0, 0.05) is 0 Å². The number of carboxylic acid groups (broad SMARTS) is 1. The molecule has 1 aromatic rings. The van der Waals surface area contributed by atoms with Gasteiger partial charge < -0.3 is 9.84 Å². The predicted octanol–water partition coefficient (Wildman–Crippen LogP) is 4.18. The van der Waals surface area contributed by atoms with E-state index in [4.69, 9.17) is 9.84 Å². The molecule has 1 atom stereocenters. The van der Waals surface area contributed by atoms with Gasteiger partial charge in [-0.1, -0.05) is 45.9 Å². The van der Waals surface area contributed by atoms with E-state index in [0.29, 0.717) is 11.8 Å². The molecule has 0 aliphatic carbocycles. The lowest BCUT2D eigenvalue weighted by Gasteiger charge is -2.22. The normalized spacial score (nSPS) is 12.8. The Hall–Kier alpha value is -1.51. The van der Waals surface area contributed by atoms with Crippen LogP contribution in [0.15, 0.2) is 18.2 Å². The molecule has 1 N–H and O–H groups in total. The van der Waals surface area contributed by atoms with Crippen LogP contribution in [0.5, 0.6) is 5.75 Å². The maximum Gasteiger partial charge on any atom is 0.307 e. The van der Waals surface area contributed by atoms with Gasteiger partial charge in [-0.25, -0.2) is 0 Å². The zero-order valence-electron chi connectivity index (χ0n) is 12.4. The van der Waals surface area contributed by atoms with E-state index in [1.807, 2.05) is 6.07 Å². The Labute approximate surface area is 115 Å². The molecule has 19 heavy (non-hydrogen) atoms. The third kappa shape index (κ3) is 4.27. The maximum absolute atomic E-state index is 10.8. The fraction of sp³-hybridized carbons (Fsp3) is 0.562. The second kappa shape index (κ2) is 6.60. The SMILES string of the molecule is CC(C)c1cccc(C(C)C)c1O[C@@H](C)CC(=O)O. The van der Waals surface area contributed by atoms with Gasteiger partial charge in [-0.15, -0.1) is 0 Å². The lowest BCUT2D eigenvalue weighted by atomic mass is 9.94. The van der Waals surface area contributed by atoms with Crippen LogP contribution in [0, 0.1) is 0 Å². The van der Waals surface area contributed by atoms with E-state index in [2.05, 4.69) is 39.8 Å². The molecule has 3 nitrogen and oxygen atoms in total. The quantitative estimate of drug-likeness (QED) is 0.838. The summed E-state index contributed by atoms with van der Waals surface area (Å²) in [5.74, 6) is 0.735. The van der Waals surface area contributed by atoms with Crippen LogP contribution in [0.4, 0.5) is 0 Å². The summed E-state index contributed by atoms with van der Waals surface area (Å²) >= 11 is 0. The first-order valence-electron chi connectivity index (χ1n) is 6.84. The first kappa shape index (κ1) is 15.5. The summed E-state index contributed by atoms with van der Waals surface area (Å²) in [5, 5.41) is 8.84. The Morgan fingerprint density at radius 3 is 1.95 bits per heavy atom. The molecule has 0 aliphatic rings. The van der Waals surface area contributed by atoms with Gasteiger partial charge in [-0.3, -0.25) is 4.79 Å². The highest BCUT2D eigenvalue weighted by atomic mass is 16.5. The summed E-state index contributed by atoms with van der Waals surface area (Å²) in [7, 11) is 0. The van der Waals surface area contributed by atoms with Crippen LogP contribution in [-0.2, 0) is 4.79 Å². The van der Waals surface area contributed by atoms with Crippen molar-refractivity contribution in [1.29, 1.82) is 0 Å². The van der Waals surface area contributed by atoms with Crippen LogP contribution in [0.25, 0.3) is 0 Å². The van der Waals surface area contributed by atoms with E-state index in [0.717, 1.165) is 16.9 Å². The van der Waals surface area contributed by atoms with Crippen molar-refractivity contribution in [2.75, 3.05) is 0 Å². The smallest absolute Gasteiger partial charge is 0.307 e. The average molecular weight is 264 g/mol. The molecule has 0 amide bonds. The highest BCUT2D eigenvalue weighted by molar-refractivity contribution is 5.67. The predicted molar refractivity (Wildman–Crippen MR) is 77.0 cm³/mol. The highest BCUT2D eigenvalue weighted by Crippen LogP contribution is 2.35. The number of aliphatic carboxylic acids is 1. The van der Waals surface area contributed by atoms with Gasteiger partial charge in [0.1, 0.15) is 11.9 Å². The van der Waals surface area contributed by atoms with Crippen molar-refractivity contribution in [3.63, 3.8) is 0 Å². The third-order valence-corrected chi connectivity index (χ3v) is 3.10. The van der Waals surface area contributed by atoms with Crippen LogP contribution in [0.2, 0.25) is 0 Å². The van der Waals surface area contributed by atoms with Crippen LogP contribution in [0.1, 0.15) is 64.0 Å². The van der Waals surface area contributed by atoms with Crippen LogP contribution in [-0.4, -0.2) is 17.2 Å². The third-order valence-electron chi connectivity index (χ3n) is 3.10. The van der Waals surface area contributed by atoms with Crippen molar-refractivity contribution in [3.8, 4) is 5.75 Å². The summed E-state index contributed by atoms with van der Waals surface area (Å²) in [6.45, 7) is 10.3. The second-order valence-corrected chi connectivity index (χ2v) is 5.60. The minimum Gasteiger partial charge on any atom is -0.490 e. The molecule has 106 valence electrons. The molecule has 0 aromatic heterocycles. The molecule has 0 saturated heterocycles. The monoisotopic (exact) mass is 264 g/mol. The summed E-state index contributed by atoms with van der Waals surface area (Å²) in [5.41, 5.74) is 2.28. The number of carboxylic acids is 1. The molecule has 1 aromatic carbocycles. The lowest BCUT2D eigenvalue weighted by Crippen LogP contribution is -2.18. The molecule has 3 heteroatoms. The topological polar surface area (TPSA) is 46.5 Å². The number of para-hydroxylation sites is 1. The number of benzene rings is 1. The van der Waals surface area contributed by atoms with E-state index in [9.17, 15) is 4.79 Å². The van der Waals surface area contributed by atoms with E-state index < -0.39 is 5.97 Å². The molecule has 0 saturated carbocycles. The summed E-state index contributed by atoms with van der Waals surface area (Å²) in [6.07, 6.45) is -0.306. The zero-order valence-corrected chi connectivity index (χ0v) is 12.4. The Morgan fingerprint density at radius 2 is 1.58 bits per heavy atom. The molecule has 0 spiro atoms. The number of carbonyl (C=O) groups is 1. The van der Waals surface area contributed by atoms with Gasteiger partial charge >= 0.3 is 5.97 Å². The summed E-state index contributed by atoms with van der Waals surface area (Å²) < 4.78 is 5.93. The summed E-state index contributed by atoms with van der Waals surface area (Å²) in [4.78, 5) is 10.8. The standard InChI is InChI=1S/C16H24O3/c1-10(2)13-7-6-8-14(11(3)4)16(13)19-12(5)9-15(17)18/h6-8,10-12H,9H2,1-5H3,(H,17,18)/t12-/m0/s1. The number of rotatable bonds is 6. The van der Waals surface area contributed by atoms with Gasteiger partial charge in [0.2, 0.25) is 0 Å². The summed E-state index contributed by atoms with van der Waals surface area (Å²) in [6, 6.07) is 6.15. The minimum absolute atomic E-state index is 0.0178. The molecule has 0 unspecified atom stereocenters. The van der Waals surface area contributed by atoms with Crippen LogP contribution < -0.4 is 4.74 Å². The average Bonchev–Trinajstić information content (AvgIpc) is 2.27. The van der Waals surface area contributed by atoms with Crippen molar-refractivity contribution < 1.29 is 14.6 Å². The Morgan fingerprint density at radius 1 is 1.11 bits per heavy atom. The van der Waals surface area contributed by atoms with E-state index in [1.54, 1.807) is 6.92 Å². The number of hydrogen-bond donors (Lipinski definition) is 1. The fourth-order valence-electron chi connectivity index (χ4n) is 2.11. The first-order valence-corrected chi connectivity index (χ1v) is 6.84. The van der Waals surface area contributed by atoms with Gasteiger partial charge in [0.15, 0.2) is 0 Å². The Bertz CT molecular complexity index is 409. The second-order valence-electron chi connectivity index (χ2n) is 5.60. The van der Waals surface area contributed by atoms with Crippen molar-refractivity contribution in [1.82, 2.24) is 0 Å². The molecular formula is C16H24O3. The van der Waals surface area contributed by atoms with Gasteiger partial charge in [-0.2, -0.15) is 0 Å². The van der Waals surface area contributed by atoms with Crippen molar-refractivity contribution in [2.24, 2.45) is 0 Å². The Balaban J connectivity index is 3.10. The van der Waals surface area contributed by atoms with Gasteiger partial charge in [0.25, 0.3) is 0 Å². The molecular weight excluding hydrogens is 240 g/mol. The molecule has 0 heterocycles. The van der Waals surface area contributed by atoms with E-state index in [-0.39, 0.29) is 12.5 Å². The van der Waals surface area contributed by atoms with E-state index in [1.165, 1.54) is 0 Å². The van der Waals surface area contributed by atoms with Crippen molar-refractivity contribution in [3.05, 3.63) is 29.3 Å². The lowest BCUT2D eigenvalue weighted by molar-refractivity contribution is -0.138. The van der Waals surface area contributed by atoms with Crippen molar-refractivity contribution in [2.45, 2.75) is 59.0 Å². The first-order chi connectivity index (χ1) is 8.82. The highest BCUT2D eigenvalue weighted by Gasteiger charge is 2.18. The fourth-order valence-corrected chi connectivity index (χ4v) is 2.11. The Kier molecular flexibility index (Phi) is 5.40. The van der Waals surface area contributed by atoms with Crippen molar-refractivity contribution >= 4 is 5.97 Å². The molecule has 0 fully saturated rings. The van der Waals surface area contributed by atoms with E-state index >= 15 is 0 Å². The molecule has 0 aliphatic heterocycles. The maximum atomic E-state index is 10.8. The molecule has 1 rings (SSSR count).